The Morgan fingerprint density at radius 3 is 2.37 bits per heavy atom. The van der Waals surface area contributed by atoms with E-state index >= 15 is 0 Å². The molecular formula is C26H33ClN4O3S. The van der Waals surface area contributed by atoms with Crippen molar-refractivity contribution in [1.29, 1.82) is 0 Å². The first-order chi connectivity index (χ1) is 16.9. The number of ether oxygens (including phenoxy) is 1. The van der Waals surface area contributed by atoms with E-state index in [4.69, 9.17) is 28.6 Å². The Morgan fingerprint density at radius 1 is 1.03 bits per heavy atom. The summed E-state index contributed by atoms with van der Waals surface area (Å²) >= 11 is 11.8. The molecule has 0 saturated carbocycles. The highest BCUT2D eigenvalue weighted by molar-refractivity contribution is 7.80. The second-order valence-electron chi connectivity index (χ2n) is 8.42. The van der Waals surface area contributed by atoms with E-state index in [-0.39, 0.29) is 16.9 Å². The maximum Gasteiger partial charge on any atom is 0.253 e. The average Bonchev–Trinajstić information content (AvgIpc) is 2.86. The largest absolute Gasteiger partial charge is 0.494 e. The number of nitrogens with zero attached hydrogens (tertiary/aromatic N) is 2. The molecule has 0 atom stereocenters. The molecule has 0 aromatic heterocycles. The number of carbonyl (C=O) groups excluding carboxylic acids is 2. The molecular weight excluding hydrogens is 484 g/mol. The van der Waals surface area contributed by atoms with Crippen LogP contribution in [0.4, 0.5) is 11.4 Å². The molecule has 0 spiro atoms. The average molecular weight is 517 g/mol. The summed E-state index contributed by atoms with van der Waals surface area (Å²) in [4.78, 5) is 28.8. The Kier molecular flexibility index (Phi) is 10.2. The lowest BCUT2D eigenvalue weighted by atomic mass is 10.1. The van der Waals surface area contributed by atoms with Crippen LogP contribution in [0.1, 0.15) is 49.9 Å². The molecule has 2 amide bonds. The number of thiocarbonyl (C=S) groups is 1. The number of amides is 2. The molecule has 2 aromatic carbocycles. The highest BCUT2D eigenvalue weighted by Gasteiger charge is 2.23. The van der Waals surface area contributed by atoms with Gasteiger partial charge in [0, 0.05) is 43.9 Å². The minimum Gasteiger partial charge on any atom is -0.494 e. The normalized spacial score (nSPS) is 13.3. The minimum atomic E-state index is -0.0970. The first-order valence-electron chi connectivity index (χ1n) is 12.1. The van der Waals surface area contributed by atoms with E-state index < -0.39 is 0 Å². The zero-order valence-electron chi connectivity index (χ0n) is 20.3. The quantitative estimate of drug-likeness (QED) is 0.452. The first-order valence-corrected chi connectivity index (χ1v) is 12.9. The van der Waals surface area contributed by atoms with Crippen LogP contribution in [0.25, 0.3) is 0 Å². The lowest BCUT2D eigenvalue weighted by Crippen LogP contribution is -2.48. The molecule has 0 unspecified atom stereocenters. The number of carbonyl (C=O) groups is 2. The fourth-order valence-corrected chi connectivity index (χ4v) is 4.31. The summed E-state index contributed by atoms with van der Waals surface area (Å²) < 4.78 is 5.60. The topological polar surface area (TPSA) is 73.9 Å². The highest BCUT2D eigenvalue weighted by Crippen LogP contribution is 2.30. The van der Waals surface area contributed by atoms with Crippen molar-refractivity contribution in [3.63, 3.8) is 0 Å². The van der Waals surface area contributed by atoms with Crippen LogP contribution in [0.2, 0.25) is 5.02 Å². The fraction of sp³-hybridized carbons (Fsp3) is 0.423. The van der Waals surface area contributed by atoms with Crippen molar-refractivity contribution < 1.29 is 14.3 Å². The maximum absolute atomic E-state index is 12.9. The molecule has 1 aliphatic heterocycles. The Hall–Kier alpha value is -2.84. The third-order valence-electron chi connectivity index (χ3n) is 5.70. The van der Waals surface area contributed by atoms with Crippen LogP contribution in [0.3, 0.4) is 0 Å². The van der Waals surface area contributed by atoms with Crippen molar-refractivity contribution in [2.24, 2.45) is 0 Å². The lowest BCUT2D eigenvalue weighted by molar-refractivity contribution is -0.119. The minimum absolute atomic E-state index is 0.0202. The summed E-state index contributed by atoms with van der Waals surface area (Å²) in [5, 5.41) is 6.53. The van der Waals surface area contributed by atoms with Crippen molar-refractivity contribution in [2.75, 3.05) is 43.0 Å². The summed E-state index contributed by atoms with van der Waals surface area (Å²) in [6.07, 6.45) is 3.17. The van der Waals surface area contributed by atoms with Gasteiger partial charge in [0.2, 0.25) is 5.91 Å². The molecule has 0 aliphatic carbocycles. The summed E-state index contributed by atoms with van der Waals surface area (Å²) in [5.74, 6) is 0.701. The Bertz CT molecular complexity index is 1020. The molecule has 35 heavy (non-hydrogen) atoms. The second kappa shape index (κ2) is 13.3. The van der Waals surface area contributed by atoms with Crippen LogP contribution in [0, 0.1) is 0 Å². The van der Waals surface area contributed by atoms with E-state index in [2.05, 4.69) is 22.5 Å². The van der Waals surface area contributed by atoms with Gasteiger partial charge in [0.1, 0.15) is 5.75 Å². The molecule has 7 nitrogen and oxygen atoms in total. The summed E-state index contributed by atoms with van der Waals surface area (Å²) in [5.41, 5.74) is 2.27. The van der Waals surface area contributed by atoms with E-state index in [1.807, 2.05) is 48.2 Å². The summed E-state index contributed by atoms with van der Waals surface area (Å²) in [6.45, 7) is 7.34. The number of nitrogens with one attached hydrogen (secondary N) is 2. The molecule has 188 valence electrons. The summed E-state index contributed by atoms with van der Waals surface area (Å²) in [6, 6.07) is 12.9. The van der Waals surface area contributed by atoms with Crippen molar-refractivity contribution in [3.8, 4) is 5.75 Å². The highest BCUT2D eigenvalue weighted by atomic mass is 35.5. The second-order valence-corrected chi connectivity index (χ2v) is 9.24. The van der Waals surface area contributed by atoms with Gasteiger partial charge >= 0.3 is 0 Å². The predicted octanol–water partition coefficient (Wildman–Crippen LogP) is 5.09. The molecule has 0 bridgehead atoms. The van der Waals surface area contributed by atoms with Crippen molar-refractivity contribution >= 4 is 52.1 Å². The molecule has 2 aromatic rings. The predicted molar refractivity (Wildman–Crippen MR) is 146 cm³/mol. The zero-order chi connectivity index (χ0) is 25.2. The lowest BCUT2D eigenvalue weighted by Gasteiger charge is -2.36. The van der Waals surface area contributed by atoms with Gasteiger partial charge in [-0.15, -0.1) is 0 Å². The summed E-state index contributed by atoms with van der Waals surface area (Å²) in [7, 11) is 0. The number of rotatable bonds is 9. The van der Waals surface area contributed by atoms with Crippen molar-refractivity contribution in [1.82, 2.24) is 10.2 Å². The van der Waals surface area contributed by atoms with Gasteiger partial charge < -0.3 is 25.2 Å². The van der Waals surface area contributed by atoms with Crippen LogP contribution in [0.15, 0.2) is 42.5 Å². The van der Waals surface area contributed by atoms with Gasteiger partial charge in [0.05, 0.1) is 17.3 Å². The van der Waals surface area contributed by atoms with Crippen LogP contribution >= 0.6 is 23.8 Å². The molecule has 0 radical (unpaired) electrons. The van der Waals surface area contributed by atoms with Gasteiger partial charge in [-0.05, 0) is 67.5 Å². The molecule has 2 N–H and O–H groups in total. The molecule has 1 saturated heterocycles. The van der Waals surface area contributed by atoms with Gasteiger partial charge in [0.15, 0.2) is 5.11 Å². The van der Waals surface area contributed by atoms with Gasteiger partial charge in [-0.25, -0.2) is 0 Å². The fourth-order valence-electron chi connectivity index (χ4n) is 3.78. The van der Waals surface area contributed by atoms with E-state index in [1.54, 1.807) is 6.07 Å². The van der Waals surface area contributed by atoms with Gasteiger partial charge in [-0.2, -0.15) is 0 Å². The standard InChI is InChI=1S/C26H33ClN4O3S/c1-3-5-6-24(32)29-26(35)28-20-9-12-23(22(27)18-20)30-13-15-31(16-14-30)25(33)19-7-10-21(11-8-19)34-17-4-2/h7-12,18H,3-6,13-17H2,1-2H3,(H2,28,29,32,35). The van der Waals surface area contributed by atoms with Gasteiger partial charge in [-0.3, -0.25) is 9.59 Å². The van der Waals surface area contributed by atoms with Crippen LogP contribution < -0.4 is 20.3 Å². The number of halogens is 1. The number of hydrogen-bond acceptors (Lipinski definition) is 5. The van der Waals surface area contributed by atoms with Crippen LogP contribution in [-0.2, 0) is 4.79 Å². The monoisotopic (exact) mass is 516 g/mol. The molecule has 1 fully saturated rings. The zero-order valence-corrected chi connectivity index (χ0v) is 21.9. The number of hydrogen-bond donors (Lipinski definition) is 2. The van der Waals surface area contributed by atoms with E-state index in [1.165, 1.54) is 0 Å². The third-order valence-corrected chi connectivity index (χ3v) is 6.20. The molecule has 3 rings (SSSR count). The third kappa shape index (κ3) is 7.83. The van der Waals surface area contributed by atoms with Gasteiger partial charge in [-0.1, -0.05) is 31.9 Å². The van der Waals surface area contributed by atoms with Gasteiger partial charge in [0.25, 0.3) is 5.91 Å². The first kappa shape index (κ1) is 26.8. The molecule has 1 heterocycles. The Labute approximate surface area is 217 Å². The van der Waals surface area contributed by atoms with E-state index in [0.717, 1.165) is 30.7 Å². The van der Waals surface area contributed by atoms with Crippen molar-refractivity contribution in [2.45, 2.75) is 39.5 Å². The number of unbranched alkanes of at least 4 members (excludes halogenated alkanes) is 1. The molecule has 1 aliphatic rings. The van der Waals surface area contributed by atoms with E-state index in [9.17, 15) is 9.59 Å². The Balaban J connectivity index is 1.52. The van der Waals surface area contributed by atoms with E-state index in [0.29, 0.717) is 55.5 Å². The number of anilines is 2. The maximum atomic E-state index is 12.9. The number of benzene rings is 2. The Morgan fingerprint density at radius 2 is 1.74 bits per heavy atom. The number of piperazine rings is 1. The van der Waals surface area contributed by atoms with Crippen LogP contribution in [-0.4, -0.2) is 54.6 Å². The smallest absolute Gasteiger partial charge is 0.253 e. The van der Waals surface area contributed by atoms with Crippen LogP contribution in [0.5, 0.6) is 5.75 Å². The molecule has 9 heteroatoms. The SMILES string of the molecule is CCCCC(=O)NC(=S)Nc1ccc(N2CCN(C(=O)c3ccc(OCCC)cc3)CC2)c(Cl)c1. The van der Waals surface area contributed by atoms with Crippen molar-refractivity contribution in [3.05, 3.63) is 53.1 Å².